The fraction of sp³-hybridized carbons (Fsp3) is 0.514. The Bertz CT molecular complexity index is 2050. The first-order valence-electron chi connectivity index (χ1n) is 18.0. The number of halogens is 5. The molecule has 0 spiro atoms. The Labute approximate surface area is 308 Å². The van der Waals surface area contributed by atoms with Crippen molar-refractivity contribution in [1.82, 2.24) is 20.2 Å². The average Bonchev–Trinajstić information content (AvgIpc) is 3.61. The number of rotatable bonds is 9. The maximum atomic E-state index is 14.4. The average molecular weight is 757 g/mol. The number of hydrogen-bond acceptors (Lipinski definition) is 7. The van der Waals surface area contributed by atoms with Gasteiger partial charge < -0.3 is 30.6 Å². The van der Waals surface area contributed by atoms with Gasteiger partial charge in [-0.15, -0.1) is 0 Å². The van der Waals surface area contributed by atoms with E-state index in [-0.39, 0.29) is 47.2 Å². The highest BCUT2D eigenvalue weighted by Crippen LogP contribution is 2.65. The lowest BCUT2D eigenvalue weighted by atomic mass is 9.43. The molecule has 3 heterocycles. The van der Waals surface area contributed by atoms with Gasteiger partial charge in [-0.2, -0.15) is 13.2 Å². The van der Waals surface area contributed by atoms with E-state index in [0.29, 0.717) is 24.3 Å². The van der Waals surface area contributed by atoms with E-state index in [1.807, 2.05) is 6.92 Å². The summed E-state index contributed by atoms with van der Waals surface area (Å²) in [5.41, 5.74) is -3.58. The Kier molecular flexibility index (Phi) is 9.35. The molecule has 288 valence electrons. The Morgan fingerprint density at radius 1 is 1.07 bits per heavy atom. The van der Waals surface area contributed by atoms with E-state index in [0.717, 1.165) is 41.7 Å². The van der Waals surface area contributed by atoms with E-state index in [4.69, 9.17) is 9.31 Å². The number of amides is 3. The second kappa shape index (κ2) is 13.4. The number of fused-ring (bicyclic) bond motifs is 1. The van der Waals surface area contributed by atoms with Gasteiger partial charge in [0.05, 0.1) is 40.6 Å². The molecule has 2 aromatic carbocycles. The summed E-state index contributed by atoms with van der Waals surface area (Å²) < 4.78 is 82.1. The summed E-state index contributed by atoms with van der Waals surface area (Å²) in [5.74, 6) is -2.20. The normalized spacial score (nSPS) is 28.4. The molecule has 17 heteroatoms. The first-order chi connectivity index (χ1) is 25.3. The predicted octanol–water partition coefficient (Wildman–Crippen LogP) is 6.30. The van der Waals surface area contributed by atoms with Crippen LogP contribution in [0.3, 0.4) is 0 Å². The lowest BCUT2D eigenvalue weighted by Crippen LogP contribution is -2.65. The fourth-order valence-electron chi connectivity index (χ4n) is 8.94. The number of anilines is 2. The fourth-order valence-corrected chi connectivity index (χ4v) is 8.94. The number of nitrogens with zero attached hydrogens (tertiary/aromatic N) is 2. The van der Waals surface area contributed by atoms with E-state index in [2.05, 4.69) is 47.0 Å². The molecular weight excluding hydrogens is 714 g/mol. The number of carbonyl (C=O) groups excluding carboxylic acids is 2. The monoisotopic (exact) mass is 756 g/mol. The maximum Gasteiger partial charge on any atom is 0.481 e. The quantitative estimate of drug-likeness (QED) is 0.149. The summed E-state index contributed by atoms with van der Waals surface area (Å²) in [7, 11) is -0.749. The highest BCUT2D eigenvalue weighted by molar-refractivity contribution is 6.47. The number of benzene rings is 2. The molecule has 1 saturated heterocycles. The standard InChI is InChI=1S/C37H42BF5N6O5/c1-6-29(38-53-28-14-21-13-27(34(21,2)3)36(28,5)54-38)47-30(50)26-16-35(4,48-33(52)46-24-11-10-22(39)15-23(24)40)32-45-18-25(31(51)49(26)32)44-17-19-8-7-9-20(12-19)37(41,42)43/h7-12,15,18,21,26-29,44H,6,13-14,16-17H2,1-5H3,(H,47,50)(H2,46,48,52)/t21-,26-,27-,28+,29-,35+,36-/m0/s1. The number of nitrogens with one attached hydrogen (secondary N) is 4. The van der Waals surface area contributed by atoms with Crippen molar-refractivity contribution in [3.63, 3.8) is 0 Å². The third kappa shape index (κ3) is 6.52. The molecular formula is C37H42BF5N6O5. The van der Waals surface area contributed by atoms with Gasteiger partial charge in [0.2, 0.25) is 5.91 Å². The van der Waals surface area contributed by atoms with E-state index < -0.39 is 71.1 Å². The van der Waals surface area contributed by atoms with Gasteiger partial charge in [0.15, 0.2) is 0 Å². The number of aromatic nitrogens is 2. The van der Waals surface area contributed by atoms with Gasteiger partial charge in [-0.05, 0) is 80.2 Å². The van der Waals surface area contributed by atoms with Crippen LogP contribution in [-0.2, 0) is 32.4 Å². The van der Waals surface area contributed by atoms with Gasteiger partial charge in [0, 0.05) is 19.0 Å². The van der Waals surface area contributed by atoms with E-state index >= 15 is 0 Å². The molecule has 4 N–H and O–H groups in total. The smallest absolute Gasteiger partial charge is 0.404 e. The van der Waals surface area contributed by atoms with Crippen molar-refractivity contribution in [2.45, 2.75) is 102 Å². The molecule has 2 aliphatic heterocycles. The van der Waals surface area contributed by atoms with Gasteiger partial charge in [-0.1, -0.05) is 32.9 Å². The van der Waals surface area contributed by atoms with Crippen molar-refractivity contribution in [1.29, 1.82) is 0 Å². The van der Waals surface area contributed by atoms with Crippen LogP contribution in [-0.4, -0.2) is 46.3 Å². The first-order valence-corrected chi connectivity index (χ1v) is 18.0. The van der Waals surface area contributed by atoms with Gasteiger partial charge >= 0.3 is 19.3 Å². The molecule has 11 nitrogen and oxygen atoms in total. The predicted molar refractivity (Wildman–Crippen MR) is 189 cm³/mol. The Balaban J connectivity index is 1.15. The highest BCUT2D eigenvalue weighted by Gasteiger charge is 2.68. The Morgan fingerprint density at radius 2 is 1.83 bits per heavy atom. The molecule has 1 aromatic heterocycles. The number of carbonyl (C=O) groups is 2. The number of urea groups is 1. The van der Waals surface area contributed by atoms with Crippen molar-refractivity contribution in [2.24, 2.45) is 17.3 Å². The van der Waals surface area contributed by atoms with Crippen LogP contribution >= 0.6 is 0 Å². The first kappa shape index (κ1) is 37.8. The summed E-state index contributed by atoms with van der Waals surface area (Å²) in [5, 5.41) is 10.9. The second-order valence-electron chi connectivity index (χ2n) is 15.8. The molecule has 8 rings (SSSR count). The van der Waals surface area contributed by atoms with Crippen LogP contribution in [0, 0.1) is 28.9 Å². The molecule has 0 unspecified atom stereocenters. The minimum absolute atomic E-state index is 0.00829. The minimum Gasteiger partial charge on any atom is -0.404 e. The largest absolute Gasteiger partial charge is 0.481 e. The number of hydrogen-bond donors (Lipinski definition) is 4. The van der Waals surface area contributed by atoms with Crippen LogP contribution in [0.1, 0.15) is 83.3 Å². The highest BCUT2D eigenvalue weighted by atomic mass is 19.4. The van der Waals surface area contributed by atoms with Crippen molar-refractivity contribution in [2.75, 3.05) is 10.6 Å². The van der Waals surface area contributed by atoms with Crippen LogP contribution in [0.5, 0.6) is 0 Å². The third-order valence-electron chi connectivity index (χ3n) is 12.1. The molecule has 7 atom stereocenters. The van der Waals surface area contributed by atoms with Gasteiger partial charge in [0.1, 0.15) is 29.2 Å². The van der Waals surface area contributed by atoms with E-state index in [9.17, 15) is 36.3 Å². The number of alkyl halides is 3. The SMILES string of the molecule is CC[C@H](NC(=O)[C@@H]1C[C@@](C)(NC(=O)Nc2ccc(F)cc2F)c2ncc(NCc3cccc(C(F)(F)F)c3)c(=O)n21)B1O[C@@H]2C[C@@H]3C[C@@H](C3(C)C)[C@]2(C)O1. The molecule has 3 aromatic rings. The van der Waals surface area contributed by atoms with Crippen LogP contribution in [0.25, 0.3) is 0 Å². The van der Waals surface area contributed by atoms with Gasteiger partial charge in [-0.3, -0.25) is 14.2 Å². The Hall–Kier alpha value is -4.51. The molecule has 3 aliphatic carbocycles. The molecule has 54 heavy (non-hydrogen) atoms. The maximum absolute atomic E-state index is 14.4. The van der Waals surface area contributed by atoms with E-state index in [1.54, 1.807) is 6.92 Å². The summed E-state index contributed by atoms with van der Waals surface area (Å²) in [6, 6.07) is 5.14. The summed E-state index contributed by atoms with van der Waals surface area (Å²) in [6.07, 6.45) is -1.33. The topological polar surface area (TPSA) is 136 Å². The molecule has 4 fully saturated rings. The summed E-state index contributed by atoms with van der Waals surface area (Å²) >= 11 is 0. The summed E-state index contributed by atoms with van der Waals surface area (Å²) in [4.78, 5) is 46.1. The molecule has 3 saturated carbocycles. The second-order valence-corrected chi connectivity index (χ2v) is 15.8. The van der Waals surface area contributed by atoms with Crippen LogP contribution in [0.4, 0.5) is 38.1 Å². The van der Waals surface area contributed by atoms with Crippen LogP contribution in [0.2, 0.25) is 0 Å². The van der Waals surface area contributed by atoms with Crippen molar-refractivity contribution in [3.05, 3.63) is 87.6 Å². The molecule has 2 bridgehead atoms. The van der Waals surface area contributed by atoms with Crippen molar-refractivity contribution in [3.8, 4) is 0 Å². The van der Waals surface area contributed by atoms with Crippen molar-refractivity contribution < 1.29 is 40.8 Å². The molecule has 3 amide bonds. The third-order valence-corrected chi connectivity index (χ3v) is 12.1. The van der Waals surface area contributed by atoms with Gasteiger partial charge in [-0.25, -0.2) is 18.6 Å². The zero-order valence-electron chi connectivity index (χ0n) is 30.4. The molecule has 0 radical (unpaired) electrons. The lowest BCUT2D eigenvalue weighted by Gasteiger charge is -2.64. The van der Waals surface area contributed by atoms with E-state index in [1.165, 1.54) is 18.3 Å². The van der Waals surface area contributed by atoms with Crippen LogP contribution < -0.4 is 26.8 Å². The molecule has 5 aliphatic rings. The van der Waals surface area contributed by atoms with Gasteiger partial charge in [0.25, 0.3) is 5.56 Å². The zero-order chi connectivity index (χ0) is 39.0. The van der Waals surface area contributed by atoms with Crippen molar-refractivity contribution >= 4 is 30.4 Å². The zero-order valence-corrected chi connectivity index (χ0v) is 30.4. The summed E-state index contributed by atoms with van der Waals surface area (Å²) in [6.45, 7) is 9.83. The van der Waals surface area contributed by atoms with Crippen LogP contribution in [0.15, 0.2) is 53.5 Å². The minimum atomic E-state index is -4.56. The lowest BCUT2D eigenvalue weighted by molar-refractivity contribution is -0.199. The Morgan fingerprint density at radius 3 is 2.52 bits per heavy atom.